The van der Waals surface area contributed by atoms with Crippen LogP contribution in [0.2, 0.25) is 0 Å². The summed E-state index contributed by atoms with van der Waals surface area (Å²) in [6.07, 6.45) is 4.04. The Morgan fingerprint density at radius 1 is 1.17 bits per heavy atom. The van der Waals surface area contributed by atoms with Gasteiger partial charge in [-0.15, -0.1) is 0 Å². The van der Waals surface area contributed by atoms with E-state index in [-0.39, 0.29) is 37.1 Å². The van der Waals surface area contributed by atoms with E-state index in [2.05, 4.69) is 15.6 Å². The highest BCUT2D eigenvalue weighted by Gasteiger charge is 2.39. The van der Waals surface area contributed by atoms with Gasteiger partial charge in [-0.1, -0.05) is 18.2 Å². The molecule has 2 N–H and O–H groups in total. The van der Waals surface area contributed by atoms with E-state index >= 15 is 0 Å². The molecule has 1 saturated heterocycles. The van der Waals surface area contributed by atoms with Gasteiger partial charge in [-0.05, 0) is 35.2 Å². The third-order valence-electron chi connectivity index (χ3n) is 5.23. The summed E-state index contributed by atoms with van der Waals surface area (Å²) in [6.45, 7) is 0.543. The molecule has 29 heavy (non-hydrogen) atoms. The van der Waals surface area contributed by atoms with Crippen LogP contribution in [0.1, 0.15) is 39.9 Å². The van der Waals surface area contributed by atoms with Crippen molar-refractivity contribution in [1.29, 1.82) is 0 Å². The minimum atomic E-state index is -0.651. The number of hydrogen-bond donors (Lipinski definition) is 2. The molecule has 0 aliphatic carbocycles. The molecular formula is C21H20N4O4. The van der Waals surface area contributed by atoms with Crippen molar-refractivity contribution in [2.24, 2.45) is 0 Å². The molecule has 8 heteroatoms. The van der Waals surface area contributed by atoms with E-state index in [1.54, 1.807) is 30.6 Å². The fourth-order valence-corrected chi connectivity index (χ4v) is 3.78. The number of aromatic nitrogens is 1. The molecular weight excluding hydrogens is 372 g/mol. The first-order valence-electron chi connectivity index (χ1n) is 9.44. The van der Waals surface area contributed by atoms with Crippen molar-refractivity contribution in [1.82, 2.24) is 20.5 Å². The largest absolute Gasteiger partial charge is 0.352 e. The normalized spacial score (nSPS) is 18.4. The van der Waals surface area contributed by atoms with Crippen LogP contribution in [0.5, 0.6) is 0 Å². The molecule has 0 saturated carbocycles. The van der Waals surface area contributed by atoms with E-state index < -0.39 is 11.9 Å². The minimum Gasteiger partial charge on any atom is -0.352 e. The van der Waals surface area contributed by atoms with E-state index in [1.165, 1.54) is 4.90 Å². The predicted molar refractivity (Wildman–Crippen MR) is 102 cm³/mol. The molecule has 4 rings (SSSR count). The molecule has 8 nitrogen and oxygen atoms in total. The number of nitrogens with zero attached hydrogens (tertiary/aromatic N) is 2. The topological polar surface area (TPSA) is 108 Å². The van der Waals surface area contributed by atoms with Gasteiger partial charge in [-0.25, -0.2) is 0 Å². The van der Waals surface area contributed by atoms with Crippen molar-refractivity contribution in [3.63, 3.8) is 0 Å². The number of rotatable bonds is 5. The molecule has 1 aromatic carbocycles. The second-order valence-corrected chi connectivity index (χ2v) is 7.16. The lowest BCUT2D eigenvalue weighted by atomic mass is 10.0. The van der Waals surface area contributed by atoms with Crippen LogP contribution in [0, 0.1) is 0 Å². The minimum absolute atomic E-state index is 0.152. The number of pyridine rings is 1. The molecule has 2 aromatic rings. The number of carbonyl (C=O) groups is 4. The van der Waals surface area contributed by atoms with Crippen LogP contribution in [0.25, 0.3) is 0 Å². The van der Waals surface area contributed by atoms with E-state index in [9.17, 15) is 19.2 Å². The van der Waals surface area contributed by atoms with Crippen LogP contribution in [0.15, 0.2) is 42.7 Å². The van der Waals surface area contributed by atoms with Crippen LogP contribution in [0.3, 0.4) is 0 Å². The Kier molecular flexibility index (Phi) is 5.07. The third-order valence-corrected chi connectivity index (χ3v) is 5.23. The van der Waals surface area contributed by atoms with Gasteiger partial charge in [0.2, 0.25) is 17.7 Å². The first kappa shape index (κ1) is 18.8. The lowest BCUT2D eigenvalue weighted by Crippen LogP contribution is -2.52. The number of hydrogen-bond acceptors (Lipinski definition) is 5. The number of fused-ring (bicyclic) bond motifs is 1. The number of nitrogens with one attached hydrogen (secondary N) is 2. The second kappa shape index (κ2) is 7.83. The summed E-state index contributed by atoms with van der Waals surface area (Å²) in [6, 6.07) is 8.40. The van der Waals surface area contributed by atoms with Crippen LogP contribution < -0.4 is 10.6 Å². The predicted octanol–water partition coefficient (Wildman–Crippen LogP) is 0.701. The molecule has 0 spiro atoms. The van der Waals surface area contributed by atoms with E-state index in [4.69, 9.17) is 0 Å². The highest BCUT2D eigenvalue weighted by molar-refractivity contribution is 6.06. The standard InChI is InChI=1S/C21H20N4O4/c26-17-5-4-16(20(28)24-17)25-12-15-3-1-2-14(19(15)21(25)29)11-23-18(27)10-13-6-8-22-9-7-13/h1-3,6-9,16H,4-5,10-12H2,(H,23,27)(H,24,26,28). The summed E-state index contributed by atoms with van der Waals surface area (Å²) in [7, 11) is 0. The van der Waals surface area contributed by atoms with Crippen molar-refractivity contribution in [2.75, 3.05) is 0 Å². The fourth-order valence-electron chi connectivity index (χ4n) is 3.78. The lowest BCUT2D eigenvalue weighted by molar-refractivity contribution is -0.137. The van der Waals surface area contributed by atoms with Gasteiger partial charge in [0.25, 0.3) is 5.91 Å². The Balaban J connectivity index is 1.45. The number of benzene rings is 1. The Bertz CT molecular complexity index is 989. The average molecular weight is 392 g/mol. The van der Waals surface area contributed by atoms with Crippen LogP contribution in [-0.2, 0) is 33.9 Å². The van der Waals surface area contributed by atoms with Crippen molar-refractivity contribution in [3.8, 4) is 0 Å². The van der Waals surface area contributed by atoms with E-state index in [0.29, 0.717) is 24.1 Å². The maximum absolute atomic E-state index is 13.0. The number of carbonyl (C=O) groups excluding carboxylic acids is 4. The summed E-state index contributed by atoms with van der Waals surface area (Å²) in [5.41, 5.74) is 2.92. The van der Waals surface area contributed by atoms with Crippen molar-refractivity contribution in [2.45, 2.75) is 38.4 Å². The summed E-state index contributed by atoms with van der Waals surface area (Å²) in [5.74, 6) is -1.14. The van der Waals surface area contributed by atoms with Crippen molar-refractivity contribution in [3.05, 3.63) is 65.0 Å². The first-order chi connectivity index (χ1) is 14.0. The van der Waals surface area contributed by atoms with Crippen LogP contribution >= 0.6 is 0 Å². The van der Waals surface area contributed by atoms with Gasteiger partial charge in [-0.2, -0.15) is 0 Å². The Hall–Kier alpha value is -3.55. The molecule has 2 aliphatic heterocycles. The SMILES string of the molecule is O=C(Cc1ccncc1)NCc1cccc2c1C(=O)N(C1CCC(=O)NC1=O)C2. The highest BCUT2D eigenvalue weighted by atomic mass is 16.2. The van der Waals surface area contributed by atoms with Gasteiger partial charge in [-0.3, -0.25) is 29.5 Å². The van der Waals surface area contributed by atoms with Gasteiger partial charge in [0.05, 0.1) is 6.42 Å². The summed E-state index contributed by atoms with van der Waals surface area (Å²) in [5, 5.41) is 5.15. The number of imide groups is 1. The number of piperidine rings is 1. The quantitative estimate of drug-likeness (QED) is 0.729. The molecule has 2 aliphatic rings. The maximum Gasteiger partial charge on any atom is 0.255 e. The molecule has 1 aromatic heterocycles. The van der Waals surface area contributed by atoms with Crippen LogP contribution in [0.4, 0.5) is 0 Å². The molecule has 1 fully saturated rings. The van der Waals surface area contributed by atoms with Gasteiger partial charge in [0.1, 0.15) is 6.04 Å². The molecule has 4 amide bonds. The smallest absolute Gasteiger partial charge is 0.255 e. The Labute approximate surface area is 167 Å². The zero-order valence-electron chi connectivity index (χ0n) is 15.7. The van der Waals surface area contributed by atoms with E-state index in [0.717, 1.165) is 11.1 Å². The highest BCUT2D eigenvalue weighted by Crippen LogP contribution is 2.29. The average Bonchev–Trinajstić information content (AvgIpc) is 3.04. The second-order valence-electron chi connectivity index (χ2n) is 7.16. The van der Waals surface area contributed by atoms with Gasteiger partial charge < -0.3 is 10.2 Å². The lowest BCUT2D eigenvalue weighted by Gasteiger charge is -2.29. The molecule has 0 bridgehead atoms. The third kappa shape index (κ3) is 3.87. The van der Waals surface area contributed by atoms with Gasteiger partial charge in [0.15, 0.2) is 0 Å². The summed E-state index contributed by atoms with van der Waals surface area (Å²) in [4.78, 5) is 54.3. The van der Waals surface area contributed by atoms with Gasteiger partial charge >= 0.3 is 0 Å². The molecule has 1 atom stereocenters. The zero-order valence-corrected chi connectivity index (χ0v) is 15.7. The Morgan fingerprint density at radius 3 is 2.72 bits per heavy atom. The summed E-state index contributed by atoms with van der Waals surface area (Å²) < 4.78 is 0. The van der Waals surface area contributed by atoms with E-state index in [1.807, 2.05) is 12.1 Å². The molecule has 1 unspecified atom stereocenters. The molecule has 0 radical (unpaired) electrons. The molecule has 3 heterocycles. The summed E-state index contributed by atoms with van der Waals surface area (Å²) >= 11 is 0. The monoisotopic (exact) mass is 392 g/mol. The first-order valence-corrected chi connectivity index (χ1v) is 9.44. The Morgan fingerprint density at radius 2 is 1.97 bits per heavy atom. The fraction of sp³-hybridized carbons (Fsp3) is 0.286. The van der Waals surface area contributed by atoms with Gasteiger partial charge in [0, 0.05) is 37.5 Å². The molecule has 148 valence electrons. The number of amides is 4. The zero-order chi connectivity index (χ0) is 20.4. The van der Waals surface area contributed by atoms with Crippen molar-refractivity contribution >= 4 is 23.6 Å². The van der Waals surface area contributed by atoms with Crippen molar-refractivity contribution < 1.29 is 19.2 Å². The maximum atomic E-state index is 13.0. The van der Waals surface area contributed by atoms with Crippen LogP contribution in [-0.4, -0.2) is 39.6 Å².